The molecule has 8 atom stereocenters. The number of hydrogen-bond acceptors (Lipinski definition) is 12. The average molecular weight is 933 g/mol. The molecule has 376 valence electrons. The van der Waals surface area contributed by atoms with Gasteiger partial charge in [0, 0.05) is 12.8 Å². The van der Waals surface area contributed by atoms with E-state index >= 15 is 0 Å². The van der Waals surface area contributed by atoms with Gasteiger partial charge < -0.3 is 39.9 Å². The van der Waals surface area contributed by atoms with Crippen molar-refractivity contribution < 1.29 is 63.1 Å². The lowest BCUT2D eigenvalue weighted by molar-refractivity contribution is -0.220. The van der Waals surface area contributed by atoms with Gasteiger partial charge in [-0.05, 0) is 64.2 Å². The van der Waals surface area contributed by atoms with Crippen molar-refractivity contribution in [3.8, 4) is 0 Å². The van der Waals surface area contributed by atoms with E-state index in [1.165, 1.54) is 116 Å². The smallest absolute Gasteiger partial charge is 0.462 e. The van der Waals surface area contributed by atoms with E-state index in [1.807, 2.05) is 0 Å². The number of unbranched alkanes of at least 4 members (excludes halogenated alkanes) is 27. The van der Waals surface area contributed by atoms with Crippen LogP contribution in [0.3, 0.4) is 0 Å². The van der Waals surface area contributed by atoms with Gasteiger partial charge in [-0.3, -0.25) is 18.6 Å². The third-order valence-corrected chi connectivity index (χ3v) is 13.0. The molecule has 6 unspecified atom stereocenters. The highest BCUT2D eigenvalue weighted by Crippen LogP contribution is 2.47. The Labute approximate surface area is 387 Å². The largest absolute Gasteiger partial charge is 0.472 e. The fourth-order valence-corrected chi connectivity index (χ4v) is 8.84. The molecule has 0 saturated heterocycles. The van der Waals surface area contributed by atoms with Crippen molar-refractivity contribution >= 4 is 19.8 Å². The first-order chi connectivity index (χ1) is 30.9. The summed E-state index contributed by atoms with van der Waals surface area (Å²) in [5.41, 5.74) is 0. The first kappa shape index (κ1) is 60.3. The Hall–Kier alpha value is -1.67. The monoisotopic (exact) mass is 933 g/mol. The maximum absolute atomic E-state index is 12.8. The van der Waals surface area contributed by atoms with Crippen LogP contribution < -0.4 is 0 Å². The molecule has 0 spiro atoms. The number of aliphatic hydroxyl groups is 5. The molecule has 0 heterocycles. The quantitative estimate of drug-likeness (QED) is 0.0146. The molecule has 1 fully saturated rings. The van der Waals surface area contributed by atoms with Crippen LogP contribution in [0.5, 0.6) is 0 Å². The minimum absolute atomic E-state index is 0.0880. The van der Waals surface area contributed by atoms with Crippen molar-refractivity contribution in [2.45, 2.75) is 268 Å². The lowest BCUT2D eigenvalue weighted by Crippen LogP contribution is -2.64. The minimum atomic E-state index is -5.12. The number of esters is 2. The van der Waals surface area contributed by atoms with Crippen molar-refractivity contribution in [1.82, 2.24) is 0 Å². The number of ether oxygens (including phenoxy) is 2. The molecule has 1 aliphatic carbocycles. The highest BCUT2D eigenvalue weighted by Gasteiger charge is 2.51. The van der Waals surface area contributed by atoms with Crippen LogP contribution in [0.4, 0.5) is 0 Å². The molecule has 0 radical (unpaired) electrons. The Balaban J connectivity index is 2.40. The predicted octanol–water partition coefficient (Wildman–Crippen LogP) is 10.8. The van der Waals surface area contributed by atoms with E-state index in [9.17, 15) is 44.6 Å². The number of allylic oxidation sites excluding steroid dienone is 4. The summed E-state index contributed by atoms with van der Waals surface area (Å²) in [5, 5.41) is 50.2. The maximum atomic E-state index is 12.8. The number of aliphatic hydroxyl groups excluding tert-OH is 5. The molecule has 64 heavy (non-hydrogen) atoms. The number of rotatable bonds is 43. The Bertz CT molecular complexity index is 1220. The van der Waals surface area contributed by atoms with E-state index in [1.54, 1.807) is 0 Å². The average Bonchev–Trinajstić information content (AvgIpc) is 3.28. The van der Waals surface area contributed by atoms with Gasteiger partial charge >= 0.3 is 19.8 Å². The third-order valence-electron chi connectivity index (χ3n) is 12.0. The van der Waals surface area contributed by atoms with Gasteiger partial charge in [0.2, 0.25) is 0 Å². The van der Waals surface area contributed by atoms with Crippen LogP contribution in [-0.4, -0.2) is 98.3 Å². The Morgan fingerprint density at radius 2 is 0.797 bits per heavy atom. The molecule has 1 saturated carbocycles. The second kappa shape index (κ2) is 40.4. The van der Waals surface area contributed by atoms with Crippen LogP contribution >= 0.6 is 7.82 Å². The van der Waals surface area contributed by atoms with Gasteiger partial charge in [-0.2, -0.15) is 0 Å². The van der Waals surface area contributed by atoms with Crippen LogP contribution in [0, 0.1) is 0 Å². The third kappa shape index (κ3) is 32.1. The predicted molar refractivity (Wildman–Crippen MR) is 254 cm³/mol. The van der Waals surface area contributed by atoms with Crippen LogP contribution in [0.25, 0.3) is 0 Å². The molecular weight excluding hydrogens is 840 g/mol. The van der Waals surface area contributed by atoms with E-state index in [0.717, 1.165) is 70.6 Å². The number of hydrogen-bond donors (Lipinski definition) is 6. The Kier molecular flexibility index (Phi) is 38.1. The topological polar surface area (TPSA) is 210 Å². The second-order valence-corrected chi connectivity index (χ2v) is 19.4. The lowest BCUT2D eigenvalue weighted by atomic mass is 9.85. The van der Waals surface area contributed by atoms with Gasteiger partial charge in [0.05, 0.1) is 6.61 Å². The van der Waals surface area contributed by atoms with Gasteiger partial charge in [0.25, 0.3) is 0 Å². The SMILES string of the molecule is CCCCCCCCC/C=C\CCCCCCCC(=O)O[C@H](COC(=O)CCCCCCCCC/C=C\CCCCCCCCCC)COP(=O)(O)OC1C(O)C(O)C(O)[C@@H](O)C1O. The van der Waals surface area contributed by atoms with Crippen molar-refractivity contribution in [2.75, 3.05) is 13.2 Å². The first-order valence-corrected chi connectivity index (χ1v) is 27.1. The highest BCUT2D eigenvalue weighted by molar-refractivity contribution is 7.47. The molecule has 13 nitrogen and oxygen atoms in total. The molecule has 0 aromatic rings. The standard InChI is InChI=1S/C50H93O13P/c1-3-5-7-9-11-13-15-17-19-21-22-23-25-26-28-30-32-34-36-38-43(51)60-40-42(41-61-64(58,59)63-50-48(56)46(54)45(53)47(55)49(50)57)62-44(52)39-37-35-33-31-29-27-24-20-18-16-14-12-10-8-6-4-2/h20-22,24,42,45-50,53-57H,3-19,23,25-41H2,1-2H3,(H,58,59)/b22-21-,24-20-/t42-,45?,46-,47?,48?,49?,50?/m1/s1. The zero-order valence-corrected chi connectivity index (χ0v) is 41.0. The lowest BCUT2D eigenvalue weighted by Gasteiger charge is -2.41. The molecular formula is C50H93O13P. The summed E-state index contributed by atoms with van der Waals surface area (Å²) in [4.78, 5) is 35.8. The van der Waals surface area contributed by atoms with Gasteiger partial charge in [-0.1, -0.05) is 173 Å². The van der Waals surface area contributed by atoms with E-state index < -0.39 is 75.7 Å². The summed E-state index contributed by atoms with van der Waals surface area (Å²) < 4.78 is 33.6. The van der Waals surface area contributed by atoms with Gasteiger partial charge in [-0.25, -0.2) is 4.57 Å². The normalized spacial score (nSPS) is 21.7. The van der Waals surface area contributed by atoms with E-state index in [-0.39, 0.29) is 12.8 Å². The molecule has 0 bridgehead atoms. The van der Waals surface area contributed by atoms with Gasteiger partial charge in [-0.15, -0.1) is 0 Å². The molecule has 0 aromatic heterocycles. The number of phosphoric acid groups is 1. The summed E-state index contributed by atoms with van der Waals surface area (Å²) in [5.74, 6) is -1.11. The summed E-state index contributed by atoms with van der Waals surface area (Å²) in [6.07, 6.45) is 32.2. The van der Waals surface area contributed by atoms with Crippen LogP contribution in [0.1, 0.15) is 226 Å². The second-order valence-electron chi connectivity index (χ2n) is 18.0. The number of carbonyl (C=O) groups excluding carboxylic acids is 2. The van der Waals surface area contributed by atoms with Gasteiger partial charge in [0.15, 0.2) is 6.10 Å². The summed E-state index contributed by atoms with van der Waals surface area (Å²) in [6.45, 7) is 3.31. The first-order valence-electron chi connectivity index (χ1n) is 25.6. The van der Waals surface area contributed by atoms with Gasteiger partial charge in [0.1, 0.15) is 43.2 Å². The zero-order valence-electron chi connectivity index (χ0n) is 40.1. The van der Waals surface area contributed by atoms with E-state index in [2.05, 4.69) is 38.2 Å². The summed E-state index contributed by atoms with van der Waals surface area (Å²) in [6, 6.07) is 0. The fraction of sp³-hybridized carbons (Fsp3) is 0.880. The maximum Gasteiger partial charge on any atom is 0.472 e. The zero-order chi connectivity index (χ0) is 47.1. The van der Waals surface area contributed by atoms with Crippen molar-refractivity contribution in [2.24, 2.45) is 0 Å². The Morgan fingerprint density at radius 3 is 1.19 bits per heavy atom. The molecule has 1 rings (SSSR count). The fourth-order valence-electron chi connectivity index (χ4n) is 7.87. The molecule has 14 heteroatoms. The van der Waals surface area contributed by atoms with Crippen molar-refractivity contribution in [3.63, 3.8) is 0 Å². The minimum Gasteiger partial charge on any atom is -0.462 e. The van der Waals surface area contributed by atoms with Crippen LogP contribution in [0.2, 0.25) is 0 Å². The summed E-state index contributed by atoms with van der Waals surface area (Å²) >= 11 is 0. The molecule has 6 N–H and O–H groups in total. The number of phosphoric ester groups is 1. The van der Waals surface area contributed by atoms with E-state index in [4.69, 9.17) is 18.5 Å². The molecule has 1 aliphatic rings. The molecule has 0 amide bonds. The van der Waals surface area contributed by atoms with E-state index in [0.29, 0.717) is 12.8 Å². The molecule has 0 aromatic carbocycles. The van der Waals surface area contributed by atoms with Crippen molar-refractivity contribution in [3.05, 3.63) is 24.3 Å². The Morgan fingerprint density at radius 1 is 0.469 bits per heavy atom. The number of carbonyl (C=O) groups is 2. The van der Waals surface area contributed by atoms with Crippen molar-refractivity contribution in [1.29, 1.82) is 0 Å². The summed E-state index contributed by atoms with van der Waals surface area (Å²) in [7, 11) is -5.12. The highest BCUT2D eigenvalue weighted by atomic mass is 31.2. The molecule has 0 aliphatic heterocycles. The van der Waals surface area contributed by atoms with Crippen LogP contribution in [-0.2, 0) is 32.7 Å². The van der Waals surface area contributed by atoms with Crippen LogP contribution in [0.15, 0.2) is 24.3 Å².